The number of morpholine rings is 1. The zero-order chi connectivity index (χ0) is 19.2. The van der Waals surface area contributed by atoms with Crippen LogP contribution in [0, 0.1) is 13.8 Å². The van der Waals surface area contributed by atoms with Crippen LogP contribution in [0.1, 0.15) is 24.5 Å². The molecule has 0 aliphatic carbocycles. The normalized spacial score (nSPS) is 25.3. The van der Waals surface area contributed by atoms with E-state index in [1.165, 1.54) is 0 Å². The smallest absolute Gasteiger partial charge is 0.241 e. The molecule has 9 heteroatoms. The second-order valence-corrected chi connectivity index (χ2v) is 9.41. The Morgan fingerprint density at radius 1 is 1.25 bits per heavy atom. The molecule has 0 bridgehead atoms. The average molecular weight is 427 g/mol. The maximum absolute atomic E-state index is 13.2. The fourth-order valence-corrected chi connectivity index (χ4v) is 5.58. The summed E-state index contributed by atoms with van der Waals surface area (Å²) in [5.74, 6) is 0. The van der Waals surface area contributed by atoms with Gasteiger partial charge in [-0.3, -0.25) is 10.00 Å². The minimum Gasteiger partial charge on any atom is -0.376 e. The molecule has 2 aromatic rings. The largest absolute Gasteiger partial charge is 0.376 e. The van der Waals surface area contributed by atoms with E-state index in [2.05, 4.69) is 26.7 Å². The number of nitrogens with one attached hydrogen (secondary N) is 2. The Hall–Kier alpha value is -1.45. The highest BCUT2D eigenvalue weighted by Gasteiger charge is 2.38. The predicted molar refractivity (Wildman–Crippen MR) is 110 cm³/mol. The van der Waals surface area contributed by atoms with Gasteiger partial charge in [0.25, 0.3) is 0 Å². The number of rotatable bonds is 4. The molecule has 2 aliphatic heterocycles. The summed E-state index contributed by atoms with van der Waals surface area (Å²) >= 11 is 0. The fourth-order valence-electron chi connectivity index (χ4n) is 4.04. The van der Waals surface area contributed by atoms with Gasteiger partial charge in [-0.15, -0.1) is 12.4 Å². The molecule has 3 heterocycles. The molecule has 3 atom stereocenters. The van der Waals surface area contributed by atoms with Crippen LogP contribution in [0.25, 0.3) is 11.1 Å². The second kappa shape index (κ2) is 8.12. The number of halogens is 1. The standard InChI is InChI=1S/C19H26N4O3S.ClH/c1-12-4-18(15-7-20-21-8-15)19(5-13(12)2)27(24,25)22-16-6-17-11-26-14(3)9-23(17)10-16;/h4-5,7-8,14,16-17,22H,6,9-11H2,1-3H3,(H,20,21);1H/t14-,16+,17+;/m1./s1. The van der Waals surface area contributed by atoms with Crippen LogP contribution in [0.5, 0.6) is 0 Å². The zero-order valence-corrected chi connectivity index (χ0v) is 17.9. The SMILES string of the molecule is Cc1cc(-c2cn[nH]c2)c(S(=O)(=O)N[C@H]2C[C@H]3CO[C@H](C)CN3C2)cc1C.Cl. The van der Waals surface area contributed by atoms with Crippen molar-refractivity contribution >= 4 is 22.4 Å². The molecule has 2 N–H and O–H groups in total. The summed E-state index contributed by atoms with van der Waals surface area (Å²) in [7, 11) is -3.66. The first-order valence-corrected chi connectivity index (χ1v) is 10.8. The Balaban J connectivity index is 0.00000225. The van der Waals surface area contributed by atoms with E-state index in [1.54, 1.807) is 18.5 Å². The lowest BCUT2D eigenvalue weighted by Crippen LogP contribution is -2.45. The van der Waals surface area contributed by atoms with E-state index in [0.717, 1.165) is 36.2 Å². The summed E-state index contributed by atoms with van der Waals surface area (Å²) in [5, 5.41) is 6.74. The van der Waals surface area contributed by atoms with Crippen LogP contribution in [0.15, 0.2) is 29.4 Å². The Morgan fingerprint density at radius 2 is 2.00 bits per heavy atom. The van der Waals surface area contributed by atoms with E-state index in [4.69, 9.17) is 4.74 Å². The molecule has 7 nitrogen and oxygen atoms in total. The zero-order valence-electron chi connectivity index (χ0n) is 16.3. The van der Waals surface area contributed by atoms with Gasteiger partial charge >= 0.3 is 0 Å². The molecular formula is C19H27ClN4O3S. The van der Waals surface area contributed by atoms with Crippen molar-refractivity contribution < 1.29 is 13.2 Å². The molecule has 1 aromatic carbocycles. The van der Waals surface area contributed by atoms with Crippen molar-refractivity contribution in [2.24, 2.45) is 0 Å². The average Bonchev–Trinajstić information content (AvgIpc) is 3.25. The van der Waals surface area contributed by atoms with Gasteiger partial charge in [0.15, 0.2) is 0 Å². The number of aromatic nitrogens is 2. The van der Waals surface area contributed by atoms with Crippen LogP contribution < -0.4 is 4.72 Å². The highest BCUT2D eigenvalue weighted by atomic mass is 35.5. The van der Waals surface area contributed by atoms with Crippen molar-refractivity contribution in [3.8, 4) is 11.1 Å². The van der Waals surface area contributed by atoms with Crippen LogP contribution in [0.2, 0.25) is 0 Å². The van der Waals surface area contributed by atoms with Gasteiger partial charge in [-0.25, -0.2) is 13.1 Å². The van der Waals surface area contributed by atoms with E-state index in [0.29, 0.717) is 23.1 Å². The Morgan fingerprint density at radius 3 is 2.71 bits per heavy atom. The molecule has 0 amide bonds. The Labute approximate surface area is 172 Å². The number of hydrogen-bond acceptors (Lipinski definition) is 5. The number of nitrogens with zero attached hydrogens (tertiary/aromatic N) is 2. The number of sulfonamides is 1. The minimum absolute atomic E-state index is 0. The number of aromatic amines is 1. The van der Waals surface area contributed by atoms with Crippen LogP contribution >= 0.6 is 12.4 Å². The summed E-state index contributed by atoms with van der Waals surface area (Å²) in [4.78, 5) is 2.64. The molecule has 0 spiro atoms. The molecular weight excluding hydrogens is 400 g/mol. The van der Waals surface area contributed by atoms with Crippen molar-refractivity contribution in [1.29, 1.82) is 0 Å². The quantitative estimate of drug-likeness (QED) is 0.782. The van der Waals surface area contributed by atoms with Gasteiger partial charge in [-0.1, -0.05) is 0 Å². The first kappa shape index (κ1) is 21.3. The maximum Gasteiger partial charge on any atom is 0.241 e. The maximum atomic E-state index is 13.2. The minimum atomic E-state index is -3.66. The van der Waals surface area contributed by atoms with Crippen molar-refractivity contribution in [2.45, 2.75) is 50.3 Å². The van der Waals surface area contributed by atoms with Crippen LogP contribution in [-0.4, -0.2) is 61.4 Å². The van der Waals surface area contributed by atoms with Crippen LogP contribution in [0.4, 0.5) is 0 Å². The second-order valence-electron chi connectivity index (χ2n) is 7.73. The lowest BCUT2D eigenvalue weighted by atomic mass is 10.0. The molecule has 154 valence electrons. The van der Waals surface area contributed by atoms with Crippen molar-refractivity contribution in [1.82, 2.24) is 19.8 Å². The highest BCUT2D eigenvalue weighted by molar-refractivity contribution is 7.89. The third kappa shape index (κ3) is 4.11. The summed E-state index contributed by atoms with van der Waals surface area (Å²) < 4.78 is 35.2. The van der Waals surface area contributed by atoms with E-state index < -0.39 is 10.0 Å². The van der Waals surface area contributed by atoms with Gasteiger partial charge in [0.2, 0.25) is 10.0 Å². The summed E-state index contributed by atoms with van der Waals surface area (Å²) in [6.07, 6.45) is 4.34. The summed E-state index contributed by atoms with van der Waals surface area (Å²) in [6.45, 7) is 8.22. The van der Waals surface area contributed by atoms with Crippen molar-refractivity contribution in [3.63, 3.8) is 0 Å². The van der Waals surface area contributed by atoms with Gasteiger partial charge in [-0.05, 0) is 50.5 Å². The number of fused-ring (bicyclic) bond motifs is 1. The van der Waals surface area contributed by atoms with Gasteiger partial charge in [0.1, 0.15) is 0 Å². The molecule has 0 radical (unpaired) electrons. The molecule has 2 aliphatic rings. The lowest BCUT2D eigenvalue weighted by molar-refractivity contribution is -0.0390. The molecule has 0 unspecified atom stereocenters. The first-order chi connectivity index (χ1) is 12.8. The van der Waals surface area contributed by atoms with Crippen molar-refractivity contribution in [2.75, 3.05) is 19.7 Å². The lowest BCUT2D eigenvalue weighted by Gasteiger charge is -2.33. The highest BCUT2D eigenvalue weighted by Crippen LogP contribution is 2.31. The Kier molecular flexibility index (Phi) is 6.17. The Bertz CT molecular complexity index is 933. The summed E-state index contributed by atoms with van der Waals surface area (Å²) in [6, 6.07) is 3.87. The molecule has 28 heavy (non-hydrogen) atoms. The monoisotopic (exact) mass is 426 g/mol. The van der Waals surface area contributed by atoms with Gasteiger partial charge in [0, 0.05) is 42.5 Å². The number of benzene rings is 1. The predicted octanol–water partition coefficient (Wildman–Crippen LogP) is 2.26. The van der Waals surface area contributed by atoms with Gasteiger partial charge < -0.3 is 4.74 Å². The fraction of sp³-hybridized carbons (Fsp3) is 0.526. The number of aryl methyl sites for hydroxylation is 2. The van der Waals surface area contributed by atoms with E-state index >= 15 is 0 Å². The van der Waals surface area contributed by atoms with Crippen molar-refractivity contribution in [3.05, 3.63) is 35.7 Å². The van der Waals surface area contributed by atoms with Crippen LogP contribution in [-0.2, 0) is 14.8 Å². The molecule has 2 saturated heterocycles. The number of ether oxygens (including phenoxy) is 1. The van der Waals surface area contributed by atoms with Gasteiger partial charge in [-0.2, -0.15) is 5.10 Å². The number of H-pyrrole nitrogens is 1. The molecule has 0 saturated carbocycles. The molecule has 2 fully saturated rings. The first-order valence-electron chi connectivity index (χ1n) is 9.32. The topological polar surface area (TPSA) is 87.3 Å². The van der Waals surface area contributed by atoms with E-state index in [1.807, 2.05) is 19.9 Å². The van der Waals surface area contributed by atoms with E-state index in [-0.39, 0.29) is 24.6 Å². The molecule has 1 aromatic heterocycles. The van der Waals surface area contributed by atoms with E-state index in [9.17, 15) is 8.42 Å². The van der Waals surface area contributed by atoms with Gasteiger partial charge in [0.05, 0.1) is 23.8 Å². The third-order valence-corrected chi connectivity index (χ3v) is 7.17. The van der Waals surface area contributed by atoms with Crippen LogP contribution in [0.3, 0.4) is 0 Å². The third-order valence-electron chi connectivity index (χ3n) is 5.61. The molecule has 4 rings (SSSR count). The number of hydrogen-bond donors (Lipinski definition) is 2. The summed E-state index contributed by atoms with van der Waals surface area (Å²) in [5.41, 5.74) is 3.44.